The highest BCUT2D eigenvalue weighted by atomic mass is 16.3. The molecule has 2 aliphatic rings. The summed E-state index contributed by atoms with van der Waals surface area (Å²) in [5, 5.41) is 12.6. The summed E-state index contributed by atoms with van der Waals surface area (Å²) in [5.41, 5.74) is 2.04. The number of anilines is 1. The summed E-state index contributed by atoms with van der Waals surface area (Å²) in [5.74, 6) is 0.242. The third-order valence-electron chi connectivity index (χ3n) is 4.22. The molecule has 1 unspecified atom stereocenters. The summed E-state index contributed by atoms with van der Waals surface area (Å²) in [4.78, 5) is 16.4. The van der Waals surface area contributed by atoms with Gasteiger partial charge in [0.05, 0.1) is 12.6 Å². The van der Waals surface area contributed by atoms with Crippen molar-refractivity contribution in [3.05, 3.63) is 29.8 Å². The van der Waals surface area contributed by atoms with E-state index in [0.717, 1.165) is 50.4 Å². The Labute approximate surface area is 119 Å². The number of aliphatic hydroxyl groups excluding tert-OH is 1. The lowest BCUT2D eigenvalue weighted by Gasteiger charge is -2.39. The van der Waals surface area contributed by atoms with Crippen LogP contribution < -0.4 is 10.2 Å². The zero-order valence-electron chi connectivity index (χ0n) is 11.6. The first kappa shape index (κ1) is 13.4. The van der Waals surface area contributed by atoms with E-state index < -0.39 is 0 Å². The monoisotopic (exact) mass is 275 g/mol. The molecule has 5 heteroatoms. The Bertz CT molecular complexity index is 480. The Hall–Kier alpha value is -1.59. The van der Waals surface area contributed by atoms with Crippen LogP contribution in [0.15, 0.2) is 24.3 Å². The van der Waals surface area contributed by atoms with Gasteiger partial charge in [-0.05, 0) is 19.0 Å². The van der Waals surface area contributed by atoms with Gasteiger partial charge >= 0.3 is 0 Å². The third-order valence-corrected chi connectivity index (χ3v) is 4.22. The van der Waals surface area contributed by atoms with E-state index >= 15 is 0 Å². The Balaban J connectivity index is 1.62. The third kappa shape index (κ3) is 2.51. The second-order valence-electron chi connectivity index (χ2n) is 5.39. The number of carbonyl (C=O) groups excluding carboxylic acids is 1. The largest absolute Gasteiger partial charge is 0.392 e. The van der Waals surface area contributed by atoms with Crippen LogP contribution in [0.3, 0.4) is 0 Å². The number of piperazine rings is 1. The molecule has 1 atom stereocenters. The maximum Gasteiger partial charge on any atom is 0.239 e. The van der Waals surface area contributed by atoms with Crippen molar-refractivity contribution in [2.75, 3.05) is 37.6 Å². The molecule has 2 aliphatic heterocycles. The van der Waals surface area contributed by atoms with E-state index in [9.17, 15) is 9.90 Å². The summed E-state index contributed by atoms with van der Waals surface area (Å²) < 4.78 is 0. The minimum absolute atomic E-state index is 0.0475. The second-order valence-corrected chi connectivity index (χ2v) is 5.39. The van der Waals surface area contributed by atoms with E-state index in [2.05, 4.69) is 10.2 Å². The number of aliphatic hydroxyl groups is 1. The molecule has 0 radical (unpaired) electrons. The molecule has 1 aromatic rings. The maximum absolute atomic E-state index is 12.2. The van der Waals surface area contributed by atoms with E-state index in [1.165, 1.54) is 0 Å². The van der Waals surface area contributed by atoms with Crippen LogP contribution in [0, 0.1) is 0 Å². The molecule has 2 fully saturated rings. The van der Waals surface area contributed by atoms with Crippen molar-refractivity contribution in [2.45, 2.75) is 19.1 Å². The Morgan fingerprint density at radius 1 is 1.25 bits per heavy atom. The molecule has 0 bridgehead atoms. The lowest BCUT2D eigenvalue weighted by Crippen LogP contribution is -2.58. The first-order valence-corrected chi connectivity index (χ1v) is 7.25. The molecule has 5 nitrogen and oxygen atoms in total. The van der Waals surface area contributed by atoms with Gasteiger partial charge in [0.25, 0.3) is 0 Å². The minimum Gasteiger partial charge on any atom is -0.392 e. The zero-order chi connectivity index (χ0) is 13.9. The highest BCUT2D eigenvalue weighted by Gasteiger charge is 2.31. The molecule has 2 saturated heterocycles. The van der Waals surface area contributed by atoms with Crippen LogP contribution in [0.2, 0.25) is 0 Å². The Morgan fingerprint density at radius 3 is 2.55 bits per heavy atom. The van der Waals surface area contributed by atoms with Gasteiger partial charge in [0, 0.05) is 37.4 Å². The molecular weight excluding hydrogens is 254 g/mol. The second kappa shape index (κ2) is 5.81. The molecule has 2 heterocycles. The first-order valence-electron chi connectivity index (χ1n) is 7.25. The van der Waals surface area contributed by atoms with Crippen molar-refractivity contribution in [1.29, 1.82) is 0 Å². The van der Waals surface area contributed by atoms with Crippen molar-refractivity contribution in [2.24, 2.45) is 0 Å². The molecule has 0 spiro atoms. The summed E-state index contributed by atoms with van der Waals surface area (Å²) in [6.07, 6.45) is 0.965. The molecule has 20 heavy (non-hydrogen) atoms. The first-order chi connectivity index (χ1) is 9.79. The van der Waals surface area contributed by atoms with Gasteiger partial charge in [-0.25, -0.2) is 0 Å². The van der Waals surface area contributed by atoms with Crippen molar-refractivity contribution < 1.29 is 9.90 Å². The maximum atomic E-state index is 12.2. The van der Waals surface area contributed by atoms with Gasteiger partial charge in [0.1, 0.15) is 0 Å². The molecule has 0 aromatic heterocycles. The van der Waals surface area contributed by atoms with E-state index in [1.54, 1.807) is 0 Å². The summed E-state index contributed by atoms with van der Waals surface area (Å²) in [7, 11) is 0. The van der Waals surface area contributed by atoms with Crippen LogP contribution >= 0.6 is 0 Å². The number of nitrogens with zero attached hydrogens (tertiary/aromatic N) is 2. The number of rotatable bonds is 3. The van der Waals surface area contributed by atoms with Crippen molar-refractivity contribution in [3.8, 4) is 0 Å². The lowest BCUT2D eigenvalue weighted by molar-refractivity contribution is -0.135. The van der Waals surface area contributed by atoms with Gasteiger partial charge in [-0.15, -0.1) is 0 Å². The van der Waals surface area contributed by atoms with Gasteiger partial charge < -0.3 is 20.2 Å². The zero-order valence-corrected chi connectivity index (χ0v) is 11.6. The average Bonchev–Trinajstić information content (AvgIpc) is 2.45. The summed E-state index contributed by atoms with van der Waals surface area (Å²) in [6, 6.07) is 7.97. The summed E-state index contributed by atoms with van der Waals surface area (Å²) in [6.45, 7) is 4.19. The number of hydrogen-bond donors (Lipinski definition) is 2. The van der Waals surface area contributed by atoms with Crippen LogP contribution in [0.5, 0.6) is 0 Å². The van der Waals surface area contributed by atoms with E-state index in [1.807, 2.05) is 29.2 Å². The van der Waals surface area contributed by atoms with Crippen LogP contribution in [0.1, 0.15) is 12.0 Å². The quantitative estimate of drug-likeness (QED) is 0.827. The Kier molecular flexibility index (Phi) is 3.89. The fourth-order valence-corrected chi connectivity index (χ4v) is 2.84. The van der Waals surface area contributed by atoms with Crippen molar-refractivity contribution in [3.63, 3.8) is 0 Å². The molecule has 2 N–H and O–H groups in total. The number of para-hydroxylation sites is 1. The van der Waals surface area contributed by atoms with E-state index in [4.69, 9.17) is 0 Å². The van der Waals surface area contributed by atoms with Gasteiger partial charge in [0.15, 0.2) is 0 Å². The average molecular weight is 275 g/mol. The molecule has 1 aromatic carbocycles. The van der Waals surface area contributed by atoms with E-state index in [0.29, 0.717) is 0 Å². The van der Waals surface area contributed by atoms with E-state index in [-0.39, 0.29) is 18.6 Å². The van der Waals surface area contributed by atoms with Gasteiger partial charge in [-0.3, -0.25) is 4.79 Å². The number of benzene rings is 1. The van der Waals surface area contributed by atoms with Crippen LogP contribution in [0.25, 0.3) is 0 Å². The van der Waals surface area contributed by atoms with Gasteiger partial charge in [-0.2, -0.15) is 0 Å². The van der Waals surface area contributed by atoms with Crippen molar-refractivity contribution >= 4 is 11.6 Å². The number of carbonyl (C=O) groups is 1. The van der Waals surface area contributed by atoms with Crippen LogP contribution in [-0.4, -0.2) is 54.7 Å². The molecule has 0 saturated carbocycles. The molecular formula is C15H21N3O2. The normalized spacial score (nSPS) is 22.6. The van der Waals surface area contributed by atoms with Crippen LogP contribution in [-0.2, 0) is 11.4 Å². The number of nitrogens with one attached hydrogen (secondary N) is 1. The lowest BCUT2D eigenvalue weighted by atomic mass is 10.1. The minimum atomic E-state index is 0.0475. The molecule has 1 amide bonds. The topological polar surface area (TPSA) is 55.8 Å². The van der Waals surface area contributed by atoms with Gasteiger partial charge in [0.2, 0.25) is 5.91 Å². The molecule has 108 valence electrons. The van der Waals surface area contributed by atoms with Gasteiger partial charge in [-0.1, -0.05) is 18.2 Å². The predicted molar refractivity (Wildman–Crippen MR) is 77.6 cm³/mol. The van der Waals surface area contributed by atoms with Crippen LogP contribution in [0.4, 0.5) is 5.69 Å². The highest BCUT2D eigenvalue weighted by Crippen LogP contribution is 2.22. The molecule has 3 rings (SSSR count). The molecule has 0 aliphatic carbocycles. The highest BCUT2D eigenvalue weighted by molar-refractivity contribution is 5.83. The number of hydrogen-bond acceptors (Lipinski definition) is 4. The summed E-state index contributed by atoms with van der Waals surface area (Å²) >= 11 is 0. The standard InChI is InChI=1S/C15H21N3O2/c19-11-12-3-1-2-4-14(12)17-7-9-18(10-8-17)15(20)13-5-6-16-13/h1-4,13,16,19H,5-11H2. The fraction of sp³-hybridized carbons (Fsp3) is 0.533. The number of amides is 1. The SMILES string of the molecule is O=C(C1CCN1)N1CCN(c2ccccc2CO)CC1. The Morgan fingerprint density at radius 2 is 1.95 bits per heavy atom. The fourth-order valence-electron chi connectivity index (χ4n) is 2.84. The predicted octanol–water partition coefficient (Wildman–Crippen LogP) is 0.189. The smallest absolute Gasteiger partial charge is 0.239 e. The van der Waals surface area contributed by atoms with Crippen molar-refractivity contribution in [1.82, 2.24) is 10.2 Å².